The van der Waals surface area contributed by atoms with Crippen LogP contribution in [-0.2, 0) is 4.79 Å². The summed E-state index contributed by atoms with van der Waals surface area (Å²) in [6, 6.07) is 0. The molecule has 0 aromatic rings. The van der Waals surface area contributed by atoms with Gasteiger partial charge in [0.05, 0.1) is 5.41 Å². The third-order valence-electron chi connectivity index (χ3n) is 4.65. The fourth-order valence-corrected chi connectivity index (χ4v) is 3.45. The molecule has 3 heteroatoms. The second-order valence-electron chi connectivity index (χ2n) is 6.06. The van der Waals surface area contributed by atoms with Gasteiger partial charge in [-0.25, -0.2) is 5.01 Å². The molecule has 0 heterocycles. The van der Waals surface area contributed by atoms with E-state index in [4.69, 9.17) is 0 Å². The first-order valence-corrected chi connectivity index (χ1v) is 5.99. The molecule has 2 fully saturated rings. The van der Waals surface area contributed by atoms with E-state index in [1.165, 1.54) is 0 Å². The number of rotatable bonds is 2. The van der Waals surface area contributed by atoms with Crippen LogP contribution in [0.4, 0.5) is 0 Å². The maximum absolute atomic E-state index is 12.3. The van der Waals surface area contributed by atoms with Crippen LogP contribution in [0.15, 0.2) is 12.2 Å². The van der Waals surface area contributed by atoms with Crippen molar-refractivity contribution in [3.63, 3.8) is 0 Å². The van der Waals surface area contributed by atoms with Crippen molar-refractivity contribution >= 4 is 5.91 Å². The molecule has 0 aromatic carbocycles. The minimum Gasteiger partial charge on any atom is -0.289 e. The Bertz CT molecular complexity index is 346. The molecule has 2 unspecified atom stereocenters. The van der Waals surface area contributed by atoms with E-state index < -0.39 is 0 Å². The van der Waals surface area contributed by atoms with Crippen molar-refractivity contribution in [3.8, 4) is 0 Å². The average molecular weight is 222 g/mol. The molecule has 1 N–H and O–H groups in total. The van der Waals surface area contributed by atoms with E-state index in [9.17, 15) is 4.79 Å². The molecule has 0 spiro atoms. The number of carbonyl (C=O) groups excluding carboxylic acids is 1. The first kappa shape index (κ1) is 11.6. The molecular weight excluding hydrogens is 200 g/mol. The summed E-state index contributed by atoms with van der Waals surface area (Å²) in [5.74, 6) is 0.767. The van der Waals surface area contributed by atoms with E-state index >= 15 is 0 Å². The number of hydrazine groups is 1. The van der Waals surface area contributed by atoms with Crippen LogP contribution in [-0.4, -0.2) is 25.0 Å². The first-order chi connectivity index (χ1) is 7.30. The van der Waals surface area contributed by atoms with E-state index in [1.54, 1.807) is 5.01 Å². The zero-order valence-electron chi connectivity index (χ0n) is 10.8. The van der Waals surface area contributed by atoms with Gasteiger partial charge in [0.15, 0.2) is 0 Å². The van der Waals surface area contributed by atoms with E-state index in [-0.39, 0.29) is 16.7 Å². The van der Waals surface area contributed by atoms with Gasteiger partial charge in [-0.15, -0.1) is 0 Å². The summed E-state index contributed by atoms with van der Waals surface area (Å²) in [6.45, 7) is 8.66. The maximum atomic E-state index is 12.3. The van der Waals surface area contributed by atoms with Gasteiger partial charge >= 0.3 is 0 Å². The molecule has 0 aliphatic heterocycles. The Morgan fingerprint density at radius 3 is 2.56 bits per heavy atom. The van der Waals surface area contributed by atoms with Gasteiger partial charge in [0.2, 0.25) is 5.91 Å². The van der Waals surface area contributed by atoms with Crippen LogP contribution in [0.1, 0.15) is 33.1 Å². The van der Waals surface area contributed by atoms with Crippen molar-refractivity contribution in [2.75, 3.05) is 14.1 Å². The van der Waals surface area contributed by atoms with Crippen molar-refractivity contribution < 1.29 is 4.79 Å². The predicted octanol–water partition coefficient (Wildman–Crippen LogP) is 1.96. The van der Waals surface area contributed by atoms with Gasteiger partial charge in [-0.3, -0.25) is 10.2 Å². The lowest BCUT2D eigenvalue weighted by Crippen LogP contribution is -2.46. The molecule has 16 heavy (non-hydrogen) atoms. The zero-order chi connectivity index (χ0) is 12.1. The molecule has 2 atom stereocenters. The summed E-state index contributed by atoms with van der Waals surface area (Å²) < 4.78 is 0. The quantitative estimate of drug-likeness (QED) is 0.572. The largest absolute Gasteiger partial charge is 0.289 e. The summed E-state index contributed by atoms with van der Waals surface area (Å²) in [6.07, 6.45) is 3.12. The van der Waals surface area contributed by atoms with E-state index in [1.807, 2.05) is 14.1 Å². The van der Waals surface area contributed by atoms with Gasteiger partial charge in [-0.1, -0.05) is 26.0 Å². The molecular formula is C13H22N2O. The minimum atomic E-state index is -0.293. The molecule has 2 saturated carbocycles. The third kappa shape index (κ3) is 1.34. The van der Waals surface area contributed by atoms with Crippen LogP contribution in [0.5, 0.6) is 0 Å². The highest BCUT2D eigenvalue weighted by atomic mass is 16.2. The molecule has 2 aliphatic carbocycles. The summed E-state index contributed by atoms with van der Waals surface area (Å²) in [7, 11) is 3.70. The van der Waals surface area contributed by atoms with Crippen LogP contribution in [0.2, 0.25) is 0 Å². The Labute approximate surface area is 97.9 Å². The Balaban J connectivity index is 2.27. The Morgan fingerprint density at radius 2 is 2.12 bits per heavy atom. The smallest absolute Gasteiger partial charge is 0.244 e. The Morgan fingerprint density at radius 1 is 1.50 bits per heavy atom. The summed E-state index contributed by atoms with van der Waals surface area (Å²) in [5.41, 5.74) is 3.87. The lowest BCUT2D eigenvalue weighted by atomic mass is 9.68. The normalized spacial score (nSPS) is 35.8. The van der Waals surface area contributed by atoms with E-state index in [0.717, 1.165) is 24.8 Å². The van der Waals surface area contributed by atoms with Crippen molar-refractivity contribution in [2.45, 2.75) is 33.1 Å². The van der Waals surface area contributed by atoms with Crippen LogP contribution < -0.4 is 5.43 Å². The molecule has 0 radical (unpaired) electrons. The fraction of sp³-hybridized carbons (Fsp3) is 0.769. The highest BCUT2D eigenvalue weighted by molar-refractivity contribution is 5.87. The van der Waals surface area contributed by atoms with E-state index in [2.05, 4.69) is 25.9 Å². The monoisotopic (exact) mass is 222 g/mol. The number of amides is 1. The average Bonchev–Trinajstić information content (AvgIpc) is 2.66. The summed E-state index contributed by atoms with van der Waals surface area (Å²) in [5, 5.41) is 1.73. The SMILES string of the molecule is C=C1C2(C(=O)NN(C)C)CCC(C2)C1(C)C. The van der Waals surface area contributed by atoms with Crippen molar-refractivity contribution in [2.24, 2.45) is 16.7 Å². The number of fused-ring (bicyclic) bond motifs is 2. The summed E-state index contributed by atoms with van der Waals surface area (Å²) in [4.78, 5) is 12.3. The molecule has 2 rings (SSSR count). The number of hydrogen-bond donors (Lipinski definition) is 1. The predicted molar refractivity (Wildman–Crippen MR) is 64.5 cm³/mol. The fourth-order valence-electron chi connectivity index (χ4n) is 3.45. The second kappa shape index (κ2) is 3.33. The van der Waals surface area contributed by atoms with Crippen molar-refractivity contribution in [1.82, 2.24) is 10.4 Å². The summed E-state index contributed by atoms with van der Waals surface area (Å²) >= 11 is 0. The minimum absolute atomic E-state index is 0.127. The van der Waals surface area contributed by atoms with Gasteiger partial charge in [-0.2, -0.15) is 0 Å². The highest BCUT2D eigenvalue weighted by Gasteiger charge is 2.60. The number of hydrogen-bond acceptors (Lipinski definition) is 2. The topological polar surface area (TPSA) is 32.3 Å². The van der Waals surface area contributed by atoms with Gasteiger partial charge < -0.3 is 0 Å². The van der Waals surface area contributed by atoms with Crippen LogP contribution in [0, 0.1) is 16.7 Å². The lowest BCUT2D eigenvalue weighted by molar-refractivity contribution is -0.132. The lowest BCUT2D eigenvalue weighted by Gasteiger charge is -2.37. The molecule has 3 nitrogen and oxygen atoms in total. The van der Waals surface area contributed by atoms with Crippen LogP contribution in [0.3, 0.4) is 0 Å². The van der Waals surface area contributed by atoms with Crippen molar-refractivity contribution in [1.29, 1.82) is 0 Å². The maximum Gasteiger partial charge on any atom is 0.244 e. The highest BCUT2D eigenvalue weighted by Crippen LogP contribution is 2.65. The molecule has 2 bridgehead atoms. The van der Waals surface area contributed by atoms with Crippen molar-refractivity contribution in [3.05, 3.63) is 12.2 Å². The molecule has 1 amide bonds. The standard InChI is InChI=1S/C13H22N2O/c1-9-12(2,3)10-6-7-13(9,8-10)11(16)14-15(4)5/h10H,1,6-8H2,2-5H3,(H,14,16). The Kier molecular flexibility index (Phi) is 2.42. The van der Waals surface area contributed by atoms with E-state index in [0.29, 0.717) is 5.92 Å². The second-order valence-corrected chi connectivity index (χ2v) is 6.06. The molecule has 0 aromatic heterocycles. The van der Waals surface area contributed by atoms with Gasteiger partial charge in [0.1, 0.15) is 0 Å². The third-order valence-corrected chi connectivity index (χ3v) is 4.65. The van der Waals surface area contributed by atoms with Crippen LogP contribution >= 0.6 is 0 Å². The van der Waals surface area contributed by atoms with Gasteiger partial charge in [0, 0.05) is 14.1 Å². The first-order valence-electron chi connectivity index (χ1n) is 5.99. The van der Waals surface area contributed by atoms with Crippen LogP contribution in [0.25, 0.3) is 0 Å². The molecule has 90 valence electrons. The number of nitrogens with one attached hydrogen (secondary N) is 1. The van der Waals surface area contributed by atoms with Gasteiger partial charge in [0.25, 0.3) is 0 Å². The Hall–Kier alpha value is -0.830. The molecule has 0 saturated heterocycles. The zero-order valence-corrected chi connectivity index (χ0v) is 10.8. The van der Waals surface area contributed by atoms with Gasteiger partial charge in [-0.05, 0) is 30.6 Å². The number of nitrogens with zero attached hydrogens (tertiary/aromatic N) is 1. The number of carbonyl (C=O) groups is 1. The molecule has 2 aliphatic rings.